The van der Waals surface area contributed by atoms with Gasteiger partial charge in [-0.2, -0.15) is 9.67 Å². The molecule has 0 fully saturated rings. The second kappa shape index (κ2) is 8.72. The van der Waals surface area contributed by atoms with Gasteiger partial charge in [0.15, 0.2) is 0 Å². The first-order valence-corrected chi connectivity index (χ1v) is 10.2. The van der Waals surface area contributed by atoms with Crippen LogP contribution in [-0.4, -0.2) is 31.6 Å². The van der Waals surface area contributed by atoms with E-state index >= 15 is 0 Å². The van der Waals surface area contributed by atoms with E-state index in [0.717, 1.165) is 10.9 Å². The Morgan fingerprint density at radius 3 is 2.06 bits per heavy atom. The third-order valence-corrected chi connectivity index (χ3v) is 4.98. The fourth-order valence-electron chi connectivity index (χ4n) is 3.41. The van der Waals surface area contributed by atoms with Crippen LogP contribution in [0, 0.1) is 0 Å². The smallest absolute Gasteiger partial charge is 0.258 e. The minimum atomic E-state index is -0.353. The lowest BCUT2D eigenvalue weighted by Gasteiger charge is -2.09. The summed E-state index contributed by atoms with van der Waals surface area (Å²) in [6.07, 6.45) is 1.71. The van der Waals surface area contributed by atoms with Gasteiger partial charge in [0.25, 0.3) is 17.8 Å². The van der Waals surface area contributed by atoms with Gasteiger partial charge in [-0.05, 0) is 48.5 Å². The van der Waals surface area contributed by atoms with Crippen LogP contribution in [0.3, 0.4) is 0 Å². The van der Waals surface area contributed by atoms with Gasteiger partial charge in [-0.25, -0.2) is 0 Å². The molecule has 0 atom stereocenters. The van der Waals surface area contributed by atoms with E-state index in [2.05, 4.69) is 25.7 Å². The molecular formula is C25H18N6O2. The summed E-state index contributed by atoms with van der Waals surface area (Å²) in [7, 11) is 0. The largest absolute Gasteiger partial charge is 0.290 e. The van der Waals surface area contributed by atoms with E-state index in [-0.39, 0.29) is 23.7 Å². The van der Waals surface area contributed by atoms with Gasteiger partial charge in [0.1, 0.15) is 0 Å². The van der Waals surface area contributed by atoms with Crippen LogP contribution < -0.4 is 10.6 Å². The normalized spacial score (nSPS) is 10.7. The molecule has 160 valence electrons. The van der Waals surface area contributed by atoms with Crippen molar-refractivity contribution in [1.82, 2.24) is 19.7 Å². The van der Waals surface area contributed by atoms with E-state index in [1.54, 1.807) is 54.7 Å². The summed E-state index contributed by atoms with van der Waals surface area (Å²) in [6.45, 7) is 0. The fraction of sp³-hybridized carbons (Fsp3) is 0. The summed E-state index contributed by atoms with van der Waals surface area (Å²) in [5.41, 5.74) is 2.37. The van der Waals surface area contributed by atoms with Crippen molar-refractivity contribution in [2.75, 3.05) is 10.6 Å². The van der Waals surface area contributed by atoms with Gasteiger partial charge >= 0.3 is 0 Å². The second-order valence-electron chi connectivity index (χ2n) is 7.16. The lowest BCUT2D eigenvalue weighted by atomic mass is 10.2. The van der Waals surface area contributed by atoms with Crippen LogP contribution in [0.15, 0.2) is 97.2 Å². The van der Waals surface area contributed by atoms with Crippen molar-refractivity contribution < 1.29 is 9.59 Å². The Hall–Kier alpha value is -4.85. The van der Waals surface area contributed by atoms with Gasteiger partial charge in [-0.1, -0.05) is 42.5 Å². The lowest BCUT2D eigenvalue weighted by molar-refractivity contribution is 0.101. The van der Waals surface area contributed by atoms with Crippen LogP contribution in [0.1, 0.15) is 20.7 Å². The number of amides is 2. The fourth-order valence-corrected chi connectivity index (χ4v) is 3.41. The summed E-state index contributed by atoms with van der Waals surface area (Å²) in [4.78, 5) is 34.2. The number of nitrogens with one attached hydrogen (secondary N) is 2. The summed E-state index contributed by atoms with van der Waals surface area (Å²) in [5, 5.41) is 10.8. The molecule has 0 aliphatic heterocycles. The monoisotopic (exact) mass is 434 g/mol. The first-order valence-electron chi connectivity index (χ1n) is 10.2. The molecule has 8 nitrogen and oxygen atoms in total. The highest BCUT2D eigenvalue weighted by Gasteiger charge is 2.19. The molecule has 3 aromatic carbocycles. The predicted molar refractivity (Wildman–Crippen MR) is 125 cm³/mol. The van der Waals surface area contributed by atoms with Gasteiger partial charge in [0, 0.05) is 22.7 Å². The molecular weight excluding hydrogens is 416 g/mol. The van der Waals surface area contributed by atoms with E-state index in [9.17, 15) is 9.59 Å². The number of nitrogens with zero attached hydrogens (tertiary/aromatic N) is 4. The molecule has 0 spiro atoms. The van der Waals surface area contributed by atoms with Gasteiger partial charge < -0.3 is 0 Å². The molecule has 0 saturated heterocycles. The molecule has 2 N–H and O–H groups in total. The van der Waals surface area contributed by atoms with Crippen molar-refractivity contribution in [1.29, 1.82) is 0 Å². The molecule has 0 aliphatic rings. The number of hydrogen-bond acceptors (Lipinski definition) is 5. The van der Waals surface area contributed by atoms with Gasteiger partial charge in [0.2, 0.25) is 5.95 Å². The molecule has 0 saturated carbocycles. The number of benzene rings is 3. The summed E-state index contributed by atoms with van der Waals surface area (Å²) in [6, 6.07) is 26.9. The predicted octanol–water partition coefficient (Wildman–Crippen LogP) is 4.32. The van der Waals surface area contributed by atoms with Gasteiger partial charge in [-0.15, -0.1) is 5.10 Å². The number of carbonyl (C=O) groups excluding carboxylic acids is 2. The SMILES string of the molecule is O=C(Nc1nc(NC(=O)c2ccccc2)n(-c2cccc3ncccc23)n1)c1ccccc1. The summed E-state index contributed by atoms with van der Waals surface area (Å²) in [5.74, 6) is -0.464. The molecule has 0 unspecified atom stereocenters. The number of pyridine rings is 1. The van der Waals surface area contributed by atoms with Crippen LogP contribution in [0.25, 0.3) is 16.6 Å². The molecule has 2 amide bonds. The number of rotatable bonds is 5. The average molecular weight is 434 g/mol. The van der Waals surface area contributed by atoms with E-state index < -0.39 is 0 Å². The molecule has 5 rings (SSSR count). The van der Waals surface area contributed by atoms with Gasteiger partial charge in [-0.3, -0.25) is 25.2 Å². The zero-order valence-corrected chi connectivity index (χ0v) is 17.3. The molecule has 33 heavy (non-hydrogen) atoms. The summed E-state index contributed by atoms with van der Waals surface area (Å²) < 4.78 is 1.49. The molecule has 8 heteroatoms. The Kier molecular flexibility index (Phi) is 5.30. The Labute approximate surface area is 188 Å². The number of anilines is 2. The zero-order chi connectivity index (χ0) is 22.6. The van der Waals surface area contributed by atoms with Crippen molar-refractivity contribution in [2.24, 2.45) is 0 Å². The highest BCUT2D eigenvalue weighted by atomic mass is 16.2. The van der Waals surface area contributed by atoms with Crippen LogP contribution in [0.5, 0.6) is 0 Å². The first kappa shape index (κ1) is 20.1. The van der Waals surface area contributed by atoms with Crippen molar-refractivity contribution in [2.45, 2.75) is 0 Å². The quantitative estimate of drug-likeness (QED) is 0.429. The van der Waals surface area contributed by atoms with Crippen LogP contribution in [-0.2, 0) is 0 Å². The molecule has 0 aliphatic carbocycles. The maximum absolute atomic E-state index is 12.8. The Bertz CT molecular complexity index is 1440. The van der Waals surface area contributed by atoms with Crippen LogP contribution >= 0.6 is 0 Å². The standard InChI is InChI=1S/C25H18N6O2/c32-22(17-9-3-1-4-10-17)27-24-29-25(28-23(33)18-11-5-2-6-12-18)31(30-24)21-15-7-14-20-19(21)13-8-16-26-20/h1-16H,(H2,27,28,29,30,32,33). The Morgan fingerprint density at radius 2 is 1.36 bits per heavy atom. The number of fused-ring (bicyclic) bond motifs is 1. The average Bonchev–Trinajstić information content (AvgIpc) is 3.26. The first-order chi connectivity index (χ1) is 16.2. The minimum Gasteiger partial charge on any atom is -0.290 e. The Morgan fingerprint density at radius 1 is 0.697 bits per heavy atom. The molecule has 2 heterocycles. The van der Waals surface area contributed by atoms with Crippen molar-refractivity contribution in [3.05, 3.63) is 108 Å². The molecule has 5 aromatic rings. The number of hydrogen-bond donors (Lipinski definition) is 2. The topological polar surface area (TPSA) is 102 Å². The second-order valence-corrected chi connectivity index (χ2v) is 7.16. The van der Waals surface area contributed by atoms with E-state index in [1.165, 1.54) is 4.68 Å². The molecule has 0 radical (unpaired) electrons. The van der Waals surface area contributed by atoms with E-state index in [1.807, 2.05) is 42.5 Å². The number of aromatic nitrogens is 4. The highest BCUT2D eigenvalue weighted by molar-refractivity contribution is 6.05. The number of carbonyl (C=O) groups is 2. The van der Waals surface area contributed by atoms with Crippen molar-refractivity contribution in [3.63, 3.8) is 0 Å². The lowest BCUT2D eigenvalue weighted by Crippen LogP contribution is -2.16. The van der Waals surface area contributed by atoms with E-state index in [0.29, 0.717) is 16.8 Å². The third-order valence-electron chi connectivity index (χ3n) is 4.98. The zero-order valence-electron chi connectivity index (χ0n) is 17.3. The maximum atomic E-state index is 12.8. The summed E-state index contributed by atoms with van der Waals surface area (Å²) >= 11 is 0. The Balaban J connectivity index is 1.56. The van der Waals surface area contributed by atoms with E-state index in [4.69, 9.17) is 0 Å². The minimum absolute atomic E-state index is 0.0631. The molecule has 2 aromatic heterocycles. The van der Waals surface area contributed by atoms with Crippen molar-refractivity contribution in [3.8, 4) is 5.69 Å². The highest BCUT2D eigenvalue weighted by Crippen LogP contribution is 2.24. The van der Waals surface area contributed by atoms with Crippen LogP contribution in [0.4, 0.5) is 11.9 Å². The molecule has 0 bridgehead atoms. The van der Waals surface area contributed by atoms with Gasteiger partial charge in [0.05, 0.1) is 11.2 Å². The third kappa shape index (κ3) is 4.17. The van der Waals surface area contributed by atoms with Crippen LogP contribution in [0.2, 0.25) is 0 Å². The maximum Gasteiger partial charge on any atom is 0.258 e. The van der Waals surface area contributed by atoms with Crippen molar-refractivity contribution >= 4 is 34.6 Å².